The maximum absolute atomic E-state index is 13.5. The van der Waals surface area contributed by atoms with Crippen molar-refractivity contribution in [3.63, 3.8) is 0 Å². The molecule has 1 fully saturated rings. The summed E-state index contributed by atoms with van der Waals surface area (Å²) < 4.78 is 59.4. The molecule has 0 radical (unpaired) electrons. The van der Waals surface area contributed by atoms with Gasteiger partial charge in [-0.15, -0.1) is 13.2 Å². The summed E-state index contributed by atoms with van der Waals surface area (Å²) in [5.74, 6) is -2.27. The molecule has 0 saturated heterocycles. The third kappa shape index (κ3) is 6.95. The molecule has 1 aliphatic rings. The largest absolute Gasteiger partial charge is 0.573 e. The van der Waals surface area contributed by atoms with E-state index in [9.17, 15) is 27.2 Å². The van der Waals surface area contributed by atoms with Crippen molar-refractivity contribution in [2.45, 2.75) is 44.0 Å². The minimum absolute atomic E-state index is 0.00149. The number of hydrogen-bond acceptors (Lipinski definition) is 5. The van der Waals surface area contributed by atoms with Crippen LogP contribution in [0, 0.1) is 5.82 Å². The molecule has 2 N–H and O–H groups in total. The molecule has 7 nitrogen and oxygen atoms in total. The van der Waals surface area contributed by atoms with Crippen LogP contribution in [-0.4, -0.2) is 35.3 Å². The monoisotopic (exact) mass is 489 g/mol. The van der Waals surface area contributed by atoms with Gasteiger partial charge in [0.25, 0.3) is 11.8 Å². The van der Waals surface area contributed by atoms with E-state index in [4.69, 9.17) is 16.3 Å². The molecule has 1 aliphatic carbocycles. The number of anilines is 1. The minimum Gasteiger partial charge on any atom is -0.484 e. The highest BCUT2D eigenvalue weighted by molar-refractivity contribution is 6.30. The second kappa shape index (κ2) is 10.2. The number of ether oxygens (including phenoxy) is 2. The van der Waals surface area contributed by atoms with Crippen LogP contribution in [0.4, 0.5) is 23.4 Å². The van der Waals surface area contributed by atoms with Gasteiger partial charge in [-0.1, -0.05) is 30.9 Å². The number of alkyl halides is 3. The molecule has 12 heteroatoms. The number of pyridine rings is 1. The highest BCUT2D eigenvalue weighted by Gasteiger charge is 2.41. The van der Waals surface area contributed by atoms with E-state index in [0.717, 1.165) is 30.8 Å². The summed E-state index contributed by atoms with van der Waals surface area (Å²) in [7, 11) is 0. The normalized spacial score (nSPS) is 15.4. The summed E-state index contributed by atoms with van der Waals surface area (Å²) in [6, 6.07) is 5.91. The predicted molar refractivity (Wildman–Crippen MR) is 110 cm³/mol. The van der Waals surface area contributed by atoms with E-state index in [1.54, 1.807) is 0 Å². The molecular formula is C21H20ClF4N3O4. The van der Waals surface area contributed by atoms with Crippen molar-refractivity contribution in [2.75, 3.05) is 11.9 Å². The highest BCUT2D eigenvalue weighted by atomic mass is 35.5. The lowest BCUT2D eigenvalue weighted by Gasteiger charge is -2.36. The summed E-state index contributed by atoms with van der Waals surface area (Å²) in [5, 5.41) is 5.14. The van der Waals surface area contributed by atoms with Crippen LogP contribution in [0.2, 0.25) is 5.02 Å². The van der Waals surface area contributed by atoms with Crippen LogP contribution < -0.4 is 20.1 Å². The van der Waals surface area contributed by atoms with Gasteiger partial charge in [-0.3, -0.25) is 9.59 Å². The lowest BCUT2D eigenvalue weighted by atomic mass is 9.80. The second-order valence-electron chi connectivity index (χ2n) is 7.44. The molecule has 1 heterocycles. The SMILES string of the molecule is O=C(COc1ccc(Cl)c(F)c1)NC1(C(=O)Nc2ccc(OC(F)(F)F)cn2)CCCCC1. The zero-order chi connectivity index (χ0) is 24.1. The first-order valence-corrected chi connectivity index (χ1v) is 10.4. The van der Waals surface area contributed by atoms with Crippen molar-refractivity contribution in [1.29, 1.82) is 0 Å². The van der Waals surface area contributed by atoms with Crippen LogP contribution >= 0.6 is 11.6 Å². The Bertz CT molecular complexity index is 996. The Hall–Kier alpha value is -3.08. The Balaban J connectivity index is 1.64. The van der Waals surface area contributed by atoms with E-state index >= 15 is 0 Å². The average Bonchev–Trinajstić information content (AvgIpc) is 2.75. The third-order valence-electron chi connectivity index (χ3n) is 4.99. The van der Waals surface area contributed by atoms with E-state index in [-0.39, 0.29) is 16.6 Å². The molecule has 2 aromatic rings. The van der Waals surface area contributed by atoms with Gasteiger partial charge < -0.3 is 20.1 Å². The van der Waals surface area contributed by atoms with E-state index < -0.39 is 41.9 Å². The number of aromatic nitrogens is 1. The fraction of sp³-hybridized carbons (Fsp3) is 0.381. The number of carbonyl (C=O) groups excluding carboxylic acids is 2. The summed E-state index contributed by atoms with van der Waals surface area (Å²) in [5.41, 5.74) is -1.24. The van der Waals surface area contributed by atoms with Crippen LogP contribution in [0.1, 0.15) is 32.1 Å². The molecule has 33 heavy (non-hydrogen) atoms. The number of hydrogen-bond donors (Lipinski definition) is 2. The van der Waals surface area contributed by atoms with Crippen LogP contribution in [0.3, 0.4) is 0 Å². The molecule has 3 rings (SSSR count). The van der Waals surface area contributed by atoms with Crippen molar-refractivity contribution < 1.29 is 36.6 Å². The molecule has 0 bridgehead atoms. The lowest BCUT2D eigenvalue weighted by molar-refractivity contribution is -0.274. The highest BCUT2D eigenvalue weighted by Crippen LogP contribution is 2.30. The molecule has 1 saturated carbocycles. The molecule has 0 spiro atoms. The van der Waals surface area contributed by atoms with Crippen LogP contribution in [0.5, 0.6) is 11.5 Å². The van der Waals surface area contributed by atoms with Gasteiger partial charge >= 0.3 is 6.36 Å². The van der Waals surface area contributed by atoms with E-state index in [1.807, 2.05) is 0 Å². The Morgan fingerprint density at radius 2 is 1.79 bits per heavy atom. The van der Waals surface area contributed by atoms with Gasteiger partial charge in [-0.25, -0.2) is 9.37 Å². The van der Waals surface area contributed by atoms with Crippen molar-refractivity contribution >= 4 is 29.2 Å². The van der Waals surface area contributed by atoms with Crippen molar-refractivity contribution in [2.24, 2.45) is 0 Å². The number of nitrogens with one attached hydrogen (secondary N) is 2. The van der Waals surface area contributed by atoms with Crippen LogP contribution in [0.15, 0.2) is 36.5 Å². The zero-order valence-corrected chi connectivity index (χ0v) is 17.9. The Labute approximate surface area is 191 Å². The van der Waals surface area contributed by atoms with Gasteiger partial charge in [-0.05, 0) is 37.1 Å². The Kier molecular flexibility index (Phi) is 7.62. The van der Waals surface area contributed by atoms with Crippen molar-refractivity contribution in [1.82, 2.24) is 10.3 Å². The maximum Gasteiger partial charge on any atom is 0.573 e. The first-order chi connectivity index (χ1) is 15.6. The van der Waals surface area contributed by atoms with E-state index in [2.05, 4.69) is 20.4 Å². The average molecular weight is 490 g/mol. The second-order valence-corrected chi connectivity index (χ2v) is 7.84. The van der Waals surface area contributed by atoms with Crippen LogP contribution in [0.25, 0.3) is 0 Å². The summed E-state index contributed by atoms with van der Waals surface area (Å²) in [4.78, 5) is 29.3. The summed E-state index contributed by atoms with van der Waals surface area (Å²) >= 11 is 5.61. The maximum atomic E-state index is 13.5. The van der Waals surface area contributed by atoms with Gasteiger partial charge in [-0.2, -0.15) is 0 Å². The molecule has 1 aromatic carbocycles. The quantitative estimate of drug-likeness (QED) is 0.554. The number of halogens is 5. The zero-order valence-electron chi connectivity index (χ0n) is 17.2. The summed E-state index contributed by atoms with van der Waals surface area (Å²) in [6.45, 7) is -0.460. The van der Waals surface area contributed by atoms with Crippen molar-refractivity contribution in [3.05, 3.63) is 47.4 Å². The van der Waals surface area contributed by atoms with Crippen LogP contribution in [-0.2, 0) is 9.59 Å². The van der Waals surface area contributed by atoms with Gasteiger partial charge in [0.2, 0.25) is 0 Å². The number of benzene rings is 1. The molecule has 2 amide bonds. The fourth-order valence-electron chi connectivity index (χ4n) is 3.47. The van der Waals surface area contributed by atoms with Crippen molar-refractivity contribution in [3.8, 4) is 11.5 Å². The standard InChI is InChI=1S/C21H20ClF4N3O4/c22-15-6-4-13(10-16(15)23)32-12-18(30)29-20(8-2-1-3-9-20)19(31)28-17-7-5-14(11-27-17)33-21(24,25)26/h4-7,10-11H,1-3,8-9,12H2,(H,29,30)(H,27,28,31). The number of nitrogens with zero attached hydrogens (tertiary/aromatic N) is 1. The van der Waals surface area contributed by atoms with E-state index in [1.165, 1.54) is 12.1 Å². The van der Waals surface area contributed by atoms with Gasteiger partial charge in [0.05, 0.1) is 11.2 Å². The molecular weight excluding hydrogens is 470 g/mol. The molecule has 1 aromatic heterocycles. The van der Waals surface area contributed by atoms with Gasteiger partial charge in [0.1, 0.15) is 28.7 Å². The van der Waals surface area contributed by atoms with E-state index in [0.29, 0.717) is 25.7 Å². The first kappa shape index (κ1) is 24.6. The molecule has 0 aliphatic heterocycles. The first-order valence-electron chi connectivity index (χ1n) is 9.98. The Morgan fingerprint density at radius 1 is 1.09 bits per heavy atom. The summed E-state index contributed by atoms with van der Waals surface area (Å²) in [6.07, 6.45) is -1.07. The Morgan fingerprint density at radius 3 is 2.39 bits per heavy atom. The smallest absolute Gasteiger partial charge is 0.484 e. The molecule has 178 valence electrons. The number of amides is 2. The molecule has 0 unspecified atom stereocenters. The lowest BCUT2D eigenvalue weighted by Crippen LogP contribution is -2.58. The minimum atomic E-state index is -4.86. The fourth-order valence-corrected chi connectivity index (χ4v) is 3.58. The van der Waals surface area contributed by atoms with Gasteiger partial charge in [0.15, 0.2) is 6.61 Å². The number of rotatable bonds is 7. The topological polar surface area (TPSA) is 89.5 Å². The van der Waals surface area contributed by atoms with Gasteiger partial charge in [0, 0.05) is 6.07 Å². The molecule has 0 atom stereocenters. The predicted octanol–water partition coefficient (Wildman–Crippen LogP) is 4.61. The number of carbonyl (C=O) groups is 2. The third-order valence-corrected chi connectivity index (χ3v) is 5.30.